The van der Waals surface area contributed by atoms with Crippen molar-refractivity contribution in [3.05, 3.63) is 203 Å². The SMILES string of the molecule is Cc1ccnc(-c2cc(-c3cc(C)ccn3)cc(C3(c4cc(-c5cc(C)ccn5)cc(-c5cc(C)ccn5)c4)c4ccccc4-c4ccccc43)c2)c1. The molecule has 0 amide bonds. The number of rotatable bonds is 6. The van der Waals surface area contributed by atoms with E-state index < -0.39 is 5.41 Å². The van der Waals surface area contributed by atoms with E-state index in [4.69, 9.17) is 19.9 Å². The van der Waals surface area contributed by atoms with E-state index in [0.29, 0.717) is 0 Å². The van der Waals surface area contributed by atoms with Gasteiger partial charge in [0.15, 0.2) is 0 Å². The molecular formula is C49H38N4. The highest BCUT2D eigenvalue weighted by Crippen LogP contribution is 2.57. The minimum Gasteiger partial charge on any atom is -0.256 e. The quantitative estimate of drug-likeness (QED) is 0.175. The average Bonchev–Trinajstić information content (AvgIpc) is 3.49. The molecule has 0 saturated heterocycles. The molecule has 9 rings (SSSR count). The molecule has 0 spiro atoms. The van der Waals surface area contributed by atoms with Crippen LogP contribution in [0.3, 0.4) is 0 Å². The Balaban J connectivity index is 1.44. The maximum Gasteiger partial charge on any atom is 0.0714 e. The van der Waals surface area contributed by atoms with Crippen molar-refractivity contribution in [1.82, 2.24) is 19.9 Å². The van der Waals surface area contributed by atoms with Crippen molar-refractivity contribution < 1.29 is 0 Å². The van der Waals surface area contributed by atoms with E-state index in [-0.39, 0.29) is 0 Å². The van der Waals surface area contributed by atoms with Crippen LogP contribution in [0, 0.1) is 27.7 Å². The lowest BCUT2D eigenvalue weighted by molar-refractivity contribution is 0.769. The molecule has 4 aromatic carbocycles. The Labute approximate surface area is 311 Å². The molecule has 8 aromatic rings. The standard InChI is InChI=1S/C49H38N4/c1-31-13-17-50-45(21-31)35-25-36(46-22-32(2)14-18-51-46)28-39(27-35)49(43-11-7-5-9-41(43)42-10-6-8-12-44(42)49)40-29-37(47-23-33(3)15-19-52-47)26-38(30-40)48-24-34(4)16-20-53-48/h5-30H,1-4H3. The van der Waals surface area contributed by atoms with Crippen LogP contribution in [-0.2, 0) is 5.41 Å². The number of benzene rings is 4. The monoisotopic (exact) mass is 682 g/mol. The molecule has 254 valence electrons. The Bertz CT molecular complexity index is 2380. The third-order valence-corrected chi connectivity index (χ3v) is 10.5. The fraction of sp³-hybridized carbons (Fsp3) is 0.102. The molecule has 53 heavy (non-hydrogen) atoms. The molecule has 4 nitrogen and oxygen atoms in total. The predicted octanol–water partition coefficient (Wildman–Crippen LogP) is 11.5. The van der Waals surface area contributed by atoms with Crippen LogP contribution < -0.4 is 0 Å². The average molecular weight is 683 g/mol. The molecule has 0 bridgehead atoms. The van der Waals surface area contributed by atoms with E-state index in [0.717, 1.165) is 78.4 Å². The highest BCUT2D eigenvalue weighted by molar-refractivity contribution is 5.89. The van der Waals surface area contributed by atoms with Crippen molar-refractivity contribution in [2.75, 3.05) is 0 Å². The lowest BCUT2D eigenvalue weighted by atomic mass is 9.66. The minimum absolute atomic E-state index is 0.704. The first-order valence-corrected chi connectivity index (χ1v) is 18.1. The van der Waals surface area contributed by atoms with Gasteiger partial charge in [0.05, 0.1) is 28.2 Å². The molecule has 1 aliphatic rings. The van der Waals surface area contributed by atoms with Gasteiger partial charge in [-0.2, -0.15) is 0 Å². The lowest BCUT2D eigenvalue weighted by Gasteiger charge is -2.35. The van der Waals surface area contributed by atoms with Crippen molar-refractivity contribution in [2.24, 2.45) is 0 Å². The molecule has 0 unspecified atom stereocenters. The van der Waals surface area contributed by atoms with Crippen LogP contribution >= 0.6 is 0 Å². The van der Waals surface area contributed by atoms with Crippen molar-refractivity contribution in [3.63, 3.8) is 0 Å². The molecule has 0 N–H and O–H groups in total. The number of pyridine rings is 4. The molecule has 4 heteroatoms. The zero-order chi connectivity index (χ0) is 36.1. The Morgan fingerprint density at radius 1 is 0.340 bits per heavy atom. The van der Waals surface area contributed by atoms with Crippen LogP contribution in [-0.4, -0.2) is 19.9 Å². The first-order valence-electron chi connectivity index (χ1n) is 18.1. The van der Waals surface area contributed by atoms with Gasteiger partial charge in [0.25, 0.3) is 0 Å². The van der Waals surface area contributed by atoms with Gasteiger partial charge in [-0.15, -0.1) is 0 Å². The molecule has 0 radical (unpaired) electrons. The van der Waals surface area contributed by atoms with Gasteiger partial charge < -0.3 is 0 Å². The van der Waals surface area contributed by atoms with Crippen molar-refractivity contribution in [1.29, 1.82) is 0 Å². The van der Waals surface area contributed by atoms with Gasteiger partial charge in [-0.25, -0.2) is 0 Å². The summed E-state index contributed by atoms with van der Waals surface area (Å²) in [5, 5.41) is 0. The number of aryl methyl sites for hydroxylation is 4. The van der Waals surface area contributed by atoms with Gasteiger partial charge in [-0.3, -0.25) is 19.9 Å². The smallest absolute Gasteiger partial charge is 0.0714 e. The Morgan fingerprint density at radius 2 is 0.642 bits per heavy atom. The summed E-state index contributed by atoms with van der Waals surface area (Å²) in [4.78, 5) is 19.6. The zero-order valence-electron chi connectivity index (χ0n) is 30.3. The second kappa shape index (κ2) is 12.9. The summed E-state index contributed by atoms with van der Waals surface area (Å²) in [7, 11) is 0. The van der Waals surface area contributed by atoms with E-state index in [2.05, 4.69) is 137 Å². The third kappa shape index (κ3) is 5.64. The third-order valence-electron chi connectivity index (χ3n) is 10.5. The summed E-state index contributed by atoms with van der Waals surface area (Å²) in [6.07, 6.45) is 7.60. The normalized spacial score (nSPS) is 12.7. The first kappa shape index (κ1) is 32.4. The van der Waals surface area contributed by atoms with Crippen LogP contribution in [0.5, 0.6) is 0 Å². The number of nitrogens with zero attached hydrogens (tertiary/aromatic N) is 4. The van der Waals surface area contributed by atoms with Gasteiger partial charge in [0.1, 0.15) is 0 Å². The van der Waals surface area contributed by atoms with Crippen LogP contribution in [0.4, 0.5) is 0 Å². The van der Waals surface area contributed by atoms with Gasteiger partial charge in [-0.1, -0.05) is 48.5 Å². The Morgan fingerprint density at radius 3 is 0.943 bits per heavy atom. The molecule has 1 aliphatic carbocycles. The second-order valence-electron chi connectivity index (χ2n) is 14.3. The van der Waals surface area contributed by atoms with E-state index >= 15 is 0 Å². The summed E-state index contributed by atoms with van der Waals surface area (Å²) in [6.45, 7) is 8.48. The van der Waals surface area contributed by atoms with Gasteiger partial charge in [0, 0.05) is 47.0 Å². The highest BCUT2D eigenvalue weighted by atomic mass is 14.7. The predicted molar refractivity (Wildman–Crippen MR) is 216 cm³/mol. The van der Waals surface area contributed by atoms with E-state index in [1.54, 1.807) is 0 Å². The summed E-state index contributed by atoms with van der Waals surface area (Å²) < 4.78 is 0. The summed E-state index contributed by atoms with van der Waals surface area (Å²) in [5.41, 5.74) is 19.0. The lowest BCUT2D eigenvalue weighted by Crippen LogP contribution is -2.29. The Hall–Kier alpha value is -6.52. The van der Waals surface area contributed by atoms with Crippen LogP contribution in [0.15, 0.2) is 158 Å². The zero-order valence-corrected chi connectivity index (χ0v) is 30.3. The fourth-order valence-corrected chi connectivity index (χ4v) is 8.08. The maximum absolute atomic E-state index is 4.90. The molecule has 0 aliphatic heterocycles. The fourth-order valence-electron chi connectivity index (χ4n) is 8.08. The molecule has 4 aromatic heterocycles. The number of aromatic nitrogens is 4. The molecule has 0 atom stereocenters. The topological polar surface area (TPSA) is 51.6 Å². The summed E-state index contributed by atoms with van der Waals surface area (Å²) in [5.74, 6) is 0. The molecule has 4 heterocycles. The van der Waals surface area contributed by atoms with Gasteiger partial charge in [-0.05, 0) is 168 Å². The molecule has 0 fully saturated rings. The summed E-state index contributed by atoms with van der Waals surface area (Å²) in [6, 6.07) is 48.5. The van der Waals surface area contributed by atoms with Crippen molar-refractivity contribution in [2.45, 2.75) is 33.1 Å². The van der Waals surface area contributed by atoms with E-state index in [9.17, 15) is 0 Å². The minimum atomic E-state index is -0.704. The van der Waals surface area contributed by atoms with Crippen LogP contribution in [0.2, 0.25) is 0 Å². The van der Waals surface area contributed by atoms with Crippen molar-refractivity contribution >= 4 is 0 Å². The first-order chi connectivity index (χ1) is 25.9. The highest BCUT2D eigenvalue weighted by Gasteiger charge is 2.46. The van der Waals surface area contributed by atoms with Crippen molar-refractivity contribution in [3.8, 4) is 56.2 Å². The Kier molecular flexibility index (Phi) is 7.89. The van der Waals surface area contributed by atoms with Crippen LogP contribution in [0.25, 0.3) is 56.2 Å². The van der Waals surface area contributed by atoms with E-state index in [1.165, 1.54) is 22.3 Å². The largest absolute Gasteiger partial charge is 0.256 e. The number of hydrogen-bond acceptors (Lipinski definition) is 4. The number of hydrogen-bond donors (Lipinski definition) is 0. The van der Waals surface area contributed by atoms with Gasteiger partial charge in [0.2, 0.25) is 0 Å². The van der Waals surface area contributed by atoms with E-state index in [1.807, 2.05) is 49.1 Å². The summed E-state index contributed by atoms with van der Waals surface area (Å²) >= 11 is 0. The molecular weight excluding hydrogens is 645 g/mol. The van der Waals surface area contributed by atoms with Crippen LogP contribution in [0.1, 0.15) is 44.5 Å². The van der Waals surface area contributed by atoms with Gasteiger partial charge >= 0.3 is 0 Å². The number of fused-ring (bicyclic) bond motifs is 3. The molecule has 0 saturated carbocycles. The second-order valence-corrected chi connectivity index (χ2v) is 14.3. The maximum atomic E-state index is 4.90.